The van der Waals surface area contributed by atoms with E-state index in [9.17, 15) is 4.79 Å². The minimum Gasteiger partial charge on any atom is -0.340 e. The van der Waals surface area contributed by atoms with Crippen molar-refractivity contribution in [1.82, 2.24) is 24.0 Å². The van der Waals surface area contributed by atoms with Crippen LogP contribution in [0.3, 0.4) is 0 Å². The van der Waals surface area contributed by atoms with Gasteiger partial charge in [0.15, 0.2) is 0 Å². The maximum absolute atomic E-state index is 12.8. The van der Waals surface area contributed by atoms with E-state index in [0.29, 0.717) is 12.5 Å². The molecule has 6 heteroatoms. The molecule has 0 saturated carbocycles. The Labute approximate surface area is 149 Å². The number of likely N-dealkylation sites (tertiary alicyclic amines) is 1. The molecule has 1 fully saturated rings. The maximum atomic E-state index is 12.8. The highest BCUT2D eigenvalue weighted by Crippen LogP contribution is 2.22. The number of hydrogen-bond acceptors (Lipinski definition) is 3. The highest BCUT2D eigenvalue weighted by molar-refractivity contribution is 5.76. The lowest BCUT2D eigenvalue weighted by molar-refractivity contribution is -0.135. The van der Waals surface area contributed by atoms with Gasteiger partial charge in [-0.3, -0.25) is 4.79 Å². The van der Waals surface area contributed by atoms with E-state index >= 15 is 0 Å². The monoisotopic (exact) mass is 343 g/mol. The van der Waals surface area contributed by atoms with Gasteiger partial charge in [0.2, 0.25) is 5.91 Å². The molecule has 1 unspecified atom stereocenters. The van der Waals surface area contributed by atoms with Gasteiger partial charge >= 0.3 is 0 Å². The molecule has 136 valence electrons. The van der Waals surface area contributed by atoms with E-state index in [1.165, 1.54) is 6.42 Å². The van der Waals surface area contributed by atoms with E-state index in [-0.39, 0.29) is 5.91 Å². The van der Waals surface area contributed by atoms with Gasteiger partial charge in [-0.2, -0.15) is 0 Å². The topological polar surface area (TPSA) is 56.0 Å². The Hall–Kier alpha value is -2.11. The third-order valence-electron chi connectivity index (χ3n) is 5.25. The summed E-state index contributed by atoms with van der Waals surface area (Å²) >= 11 is 0. The number of rotatable bonds is 7. The Morgan fingerprint density at radius 3 is 2.76 bits per heavy atom. The zero-order chi connectivity index (χ0) is 17.6. The van der Waals surface area contributed by atoms with Gasteiger partial charge in [-0.1, -0.05) is 6.92 Å². The van der Waals surface area contributed by atoms with Crippen molar-refractivity contribution >= 4 is 5.91 Å². The summed E-state index contributed by atoms with van der Waals surface area (Å²) in [5.41, 5.74) is 0. The smallest absolute Gasteiger partial charge is 0.224 e. The molecule has 3 rings (SSSR count). The Morgan fingerprint density at radius 2 is 2.00 bits per heavy atom. The molecule has 1 amide bonds. The molecule has 2 aromatic heterocycles. The number of nitrogens with zero attached hydrogens (tertiary/aromatic N) is 5. The molecule has 0 aromatic carbocycles. The summed E-state index contributed by atoms with van der Waals surface area (Å²) in [5, 5.41) is 0. The quantitative estimate of drug-likeness (QED) is 0.776. The summed E-state index contributed by atoms with van der Waals surface area (Å²) in [5.74, 6) is 2.43. The highest BCUT2D eigenvalue weighted by Gasteiger charge is 2.26. The normalized spacial score (nSPS) is 17.8. The third-order valence-corrected chi connectivity index (χ3v) is 5.25. The van der Waals surface area contributed by atoms with Crippen LogP contribution in [0.15, 0.2) is 24.8 Å². The molecule has 1 aliphatic heterocycles. The van der Waals surface area contributed by atoms with Crippen molar-refractivity contribution in [2.45, 2.75) is 64.5 Å². The zero-order valence-electron chi connectivity index (χ0n) is 15.4. The van der Waals surface area contributed by atoms with E-state index in [0.717, 1.165) is 56.8 Å². The van der Waals surface area contributed by atoms with Crippen molar-refractivity contribution in [2.75, 3.05) is 6.54 Å². The van der Waals surface area contributed by atoms with E-state index in [4.69, 9.17) is 0 Å². The first kappa shape index (κ1) is 17.7. The van der Waals surface area contributed by atoms with Gasteiger partial charge in [0, 0.05) is 70.2 Å². The molecule has 0 spiro atoms. The number of carbonyl (C=O) groups is 1. The van der Waals surface area contributed by atoms with E-state index in [2.05, 4.69) is 30.9 Å². The summed E-state index contributed by atoms with van der Waals surface area (Å²) < 4.78 is 4.17. The van der Waals surface area contributed by atoms with Crippen molar-refractivity contribution < 1.29 is 4.79 Å². The van der Waals surface area contributed by atoms with Crippen LogP contribution in [0.5, 0.6) is 0 Å². The number of aromatic nitrogens is 4. The number of amides is 1. The van der Waals surface area contributed by atoms with Crippen molar-refractivity contribution in [2.24, 2.45) is 7.05 Å². The lowest BCUT2D eigenvalue weighted by atomic mass is 9.97. The van der Waals surface area contributed by atoms with Gasteiger partial charge in [-0.15, -0.1) is 0 Å². The Kier molecular flexibility index (Phi) is 5.89. The Bertz CT molecular complexity index is 690. The van der Waals surface area contributed by atoms with Crippen LogP contribution in [0.4, 0.5) is 0 Å². The largest absolute Gasteiger partial charge is 0.340 e. The Morgan fingerprint density at radius 1 is 1.20 bits per heavy atom. The lowest BCUT2D eigenvalue weighted by Gasteiger charge is -2.36. The minimum absolute atomic E-state index is 0.278. The number of imidazole rings is 2. The molecule has 3 heterocycles. The molecule has 6 nitrogen and oxygen atoms in total. The fourth-order valence-corrected chi connectivity index (χ4v) is 3.78. The second-order valence-corrected chi connectivity index (χ2v) is 6.87. The van der Waals surface area contributed by atoms with Crippen LogP contribution in [0.1, 0.15) is 50.7 Å². The predicted molar refractivity (Wildman–Crippen MR) is 97.1 cm³/mol. The van der Waals surface area contributed by atoms with Crippen LogP contribution in [0, 0.1) is 0 Å². The average Bonchev–Trinajstić information content (AvgIpc) is 3.26. The second kappa shape index (κ2) is 8.32. The number of piperidine rings is 1. The predicted octanol–water partition coefficient (Wildman–Crippen LogP) is 2.58. The maximum Gasteiger partial charge on any atom is 0.224 e. The summed E-state index contributed by atoms with van der Waals surface area (Å²) in [6.45, 7) is 3.72. The fraction of sp³-hybridized carbons (Fsp3) is 0.632. The fourth-order valence-electron chi connectivity index (χ4n) is 3.78. The number of aryl methyl sites for hydroxylation is 4. The van der Waals surface area contributed by atoms with E-state index < -0.39 is 0 Å². The van der Waals surface area contributed by atoms with Crippen LogP contribution >= 0.6 is 0 Å². The molecule has 2 aromatic rings. The summed E-state index contributed by atoms with van der Waals surface area (Å²) in [6, 6.07) is 0.353. The van der Waals surface area contributed by atoms with E-state index in [1.54, 1.807) is 0 Å². The zero-order valence-corrected chi connectivity index (χ0v) is 15.4. The van der Waals surface area contributed by atoms with Gasteiger partial charge in [0.25, 0.3) is 0 Å². The van der Waals surface area contributed by atoms with Gasteiger partial charge in [0.1, 0.15) is 11.6 Å². The molecule has 0 radical (unpaired) electrons. The standard InChI is InChI=1S/C19H29N5O/c1-3-17-20-11-15-23(17)13-9-19(25)24-12-5-4-6-16(24)7-8-18-21-10-14-22(18)2/h10-11,14-16H,3-9,12-13H2,1-2H3. The molecular weight excluding hydrogens is 314 g/mol. The summed E-state index contributed by atoms with van der Waals surface area (Å²) in [6.07, 6.45) is 14.5. The van der Waals surface area contributed by atoms with Crippen molar-refractivity contribution in [3.8, 4) is 0 Å². The summed E-state index contributed by atoms with van der Waals surface area (Å²) in [7, 11) is 2.03. The van der Waals surface area contributed by atoms with Crippen molar-refractivity contribution in [1.29, 1.82) is 0 Å². The SMILES string of the molecule is CCc1nccn1CCC(=O)N1CCCCC1CCc1nccn1C. The lowest BCUT2D eigenvalue weighted by Crippen LogP contribution is -2.44. The molecule has 0 bridgehead atoms. The van der Waals surface area contributed by atoms with Gasteiger partial charge in [-0.05, 0) is 25.7 Å². The average molecular weight is 343 g/mol. The highest BCUT2D eigenvalue weighted by atomic mass is 16.2. The second-order valence-electron chi connectivity index (χ2n) is 6.87. The van der Waals surface area contributed by atoms with Gasteiger partial charge in [0.05, 0.1) is 0 Å². The minimum atomic E-state index is 0.278. The van der Waals surface area contributed by atoms with Gasteiger partial charge in [-0.25, -0.2) is 9.97 Å². The number of hydrogen-bond donors (Lipinski definition) is 0. The van der Waals surface area contributed by atoms with Crippen LogP contribution in [-0.2, 0) is 31.2 Å². The van der Waals surface area contributed by atoms with Crippen molar-refractivity contribution in [3.05, 3.63) is 36.4 Å². The van der Waals surface area contributed by atoms with Crippen LogP contribution in [-0.4, -0.2) is 42.5 Å². The number of carbonyl (C=O) groups excluding carboxylic acids is 1. The third kappa shape index (κ3) is 4.30. The van der Waals surface area contributed by atoms with Crippen LogP contribution in [0.2, 0.25) is 0 Å². The molecule has 0 aliphatic carbocycles. The first-order chi connectivity index (χ1) is 12.2. The molecule has 25 heavy (non-hydrogen) atoms. The summed E-state index contributed by atoms with van der Waals surface area (Å²) in [4.78, 5) is 23.7. The molecule has 1 atom stereocenters. The first-order valence-corrected chi connectivity index (χ1v) is 9.44. The van der Waals surface area contributed by atoms with Crippen molar-refractivity contribution in [3.63, 3.8) is 0 Å². The first-order valence-electron chi connectivity index (χ1n) is 9.44. The van der Waals surface area contributed by atoms with Gasteiger partial charge < -0.3 is 14.0 Å². The van der Waals surface area contributed by atoms with E-state index in [1.807, 2.05) is 31.8 Å². The Balaban J connectivity index is 1.56. The molecule has 1 aliphatic rings. The molecule has 1 saturated heterocycles. The van der Waals surface area contributed by atoms with Crippen LogP contribution in [0.25, 0.3) is 0 Å². The molecular formula is C19H29N5O. The molecule has 0 N–H and O–H groups in total. The van der Waals surface area contributed by atoms with Crippen LogP contribution < -0.4 is 0 Å².